The van der Waals surface area contributed by atoms with E-state index in [0.717, 1.165) is 0 Å². The molecule has 0 unspecified atom stereocenters. The van der Waals surface area contributed by atoms with Gasteiger partial charge in [0.2, 0.25) is 0 Å². The molecule has 0 spiro atoms. The van der Waals surface area contributed by atoms with E-state index in [4.69, 9.17) is 22.0 Å². The molecule has 0 saturated carbocycles. The van der Waals surface area contributed by atoms with Crippen LogP contribution in [-0.2, 0) is 0 Å². The summed E-state index contributed by atoms with van der Waals surface area (Å²) in [5.74, 6) is -1.12. The zero-order chi connectivity index (χ0) is 12.4. The summed E-state index contributed by atoms with van der Waals surface area (Å²) in [5.41, 5.74) is 0.692. The van der Waals surface area contributed by atoms with Gasteiger partial charge in [0.25, 0.3) is 0 Å². The molecule has 2 rings (SSSR count). The fourth-order valence-corrected chi connectivity index (χ4v) is 1.62. The van der Waals surface area contributed by atoms with Gasteiger partial charge in [0.15, 0.2) is 5.69 Å². The topological polar surface area (TPSA) is 78.9 Å². The molecule has 0 saturated heterocycles. The molecule has 0 radical (unpaired) electrons. The lowest BCUT2D eigenvalue weighted by molar-refractivity contribution is 0.0691. The first-order valence-corrected chi connectivity index (χ1v) is 4.97. The number of aromatic carboxylic acids is 1. The van der Waals surface area contributed by atoms with Crippen LogP contribution in [0, 0.1) is 11.3 Å². The fraction of sp³-hybridized carbons (Fsp3) is 0. The Kier molecular flexibility index (Phi) is 2.81. The highest BCUT2D eigenvalue weighted by atomic mass is 35.5. The van der Waals surface area contributed by atoms with Crippen molar-refractivity contribution in [1.29, 1.82) is 5.26 Å². The minimum absolute atomic E-state index is 0.0890. The van der Waals surface area contributed by atoms with Crippen LogP contribution in [0.2, 0.25) is 5.02 Å². The summed E-state index contributed by atoms with van der Waals surface area (Å²) < 4.78 is 1.45. The minimum Gasteiger partial charge on any atom is -0.476 e. The Morgan fingerprint density at radius 3 is 2.88 bits per heavy atom. The second kappa shape index (κ2) is 4.28. The number of imidazole rings is 1. The maximum absolute atomic E-state index is 10.7. The highest BCUT2D eigenvalue weighted by Crippen LogP contribution is 2.22. The molecule has 6 heteroatoms. The summed E-state index contributed by atoms with van der Waals surface area (Å²) in [6, 6.07) is 6.91. The van der Waals surface area contributed by atoms with Gasteiger partial charge < -0.3 is 9.67 Å². The van der Waals surface area contributed by atoms with Gasteiger partial charge >= 0.3 is 5.97 Å². The van der Waals surface area contributed by atoms with Crippen LogP contribution in [0.3, 0.4) is 0 Å². The Hall–Kier alpha value is -2.32. The molecule has 1 aromatic heterocycles. The van der Waals surface area contributed by atoms with E-state index >= 15 is 0 Å². The Morgan fingerprint density at radius 2 is 2.29 bits per heavy atom. The molecule has 1 N–H and O–H groups in total. The zero-order valence-corrected chi connectivity index (χ0v) is 9.22. The lowest BCUT2D eigenvalue weighted by atomic mass is 10.2. The van der Waals surface area contributed by atoms with Crippen LogP contribution >= 0.6 is 11.6 Å². The van der Waals surface area contributed by atoms with Crippen molar-refractivity contribution in [3.05, 3.63) is 47.0 Å². The minimum atomic E-state index is -1.12. The molecule has 0 amide bonds. The fourth-order valence-electron chi connectivity index (χ4n) is 1.40. The SMILES string of the molecule is N#Cc1c(Cl)cccc1-n1cnc(C(=O)O)c1. The predicted molar refractivity (Wildman–Crippen MR) is 60.2 cm³/mol. The largest absolute Gasteiger partial charge is 0.476 e. The maximum Gasteiger partial charge on any atom is 0.356 e. The van der Waals surface area contributed by atoms with Gasteiger partial charge in [-0.1, -0.05) is 17.7 Å². The number of nitriles is 1. The summed E-state index contributed by atoms with van der Waals surface area (Å²) in [5, 5.41) is 18.1. The van der Waals surface area contributed by atoms with Gasteiger partial charge in [-0.05, 0) is 12.1 Å². The quantitative estimate of drug-likeness (QED) is 0.881. The highest BCUT2D eigenvalue weighted by molar-refractivity contribution is 6.32. The molecule has 5 nitrogen and oxygen atoms in total. The summed E-state index contributed by atoms with van der Waals surface area (Å²) in [7, 11) is 0. The second-order valence-electron chi connectivity index (χ2n) is 3.22. The smallest absolute Gasteiger partial charge is 0.356 e. The van der Waals surface area contributed by atoms with Crippen LogP contribution in [0.25, 0.3) is 5.69 Å². The van der Waals surface area contributed by atoms with Gasteiger partial charge in [-0.3, -0.25) is 0 Å². The Bertz CT molecular complexity index is 628. The molecule has 0 aliphatic carbocycles. The predicted octanol–water partition coefficient (Wildman–Crippen LogP) is 2.10. The number of aromatic nitrogens is 2. The Labute approximate surface area is 102 Å². The third-order valence-electron chi connectivity index (χ3n) is 2.18. The summed E-state index contributed by atoms with van der Waals surface area (Å²) >= 11 is 5.88. The van der Waals surface area contributed by atoms with Gasteiger partial charge in [-0.25, -0.2) is 9.78 Å². The van der Waals surface area contributed by atoms with Crippen molar-refractivity contribution < 1.29 is 9.90 Å². The van der Waals surface area contributed by atoms with Crippen molar-refractivity contribution in [2.75, 3.05) is 0 Å². The molecule has 0 atom stereocenters. The lowest BCUT2D eigenvalue weighted by Crippen LogP contribution is -1.97. The number of nitrogens with zero attached hydrogens (tertiary/aromatic N) is 3. The Morgan fingerprint density at radius 1 is 1.53 bits per heavy atom. The maximum atomic E-state index is 10.7. The number of carboxylic acid groups (broad SMARTS) is 1. The normalized spacial score (nSPS) is 9.88. The Balaban J connectivity index is 2.57. The molecule has 2 aromatic rings. The van der Waals surface area contributed by atoms with E-state index in [2.05, 4.69) is 4.98 Å². The van der Waals surface area contributed by atoms with Crippen molar-refractivity contribution in [2.45, 2.75) is 0 Å². The van der Waals surface area contributed by atoms with Crippen molar-refractivity contribution in [3.63, 3.8) is 0 Å². The third-order valence-corrected chi connectivity index (χ3v) is 2.50. The van der Waals surface area contributed by atoms with E-state index < -0.39 is 5.97 Å². The number of carbonyl (C=O) groups is 1. The molecule has 0 bridgehead atoms. The number of rotatable bonds is 2. The van der Waals surface area contributed by atoms with Gasteiger partial charge in [0.05, 0.1) is 16.3 Å². The molecule has 17 heavy (non-hydrogen) atoms. The van der Waals surface area contributed by atoms with Gasteiger partial charge in [0, 0.05) is 6.20 Å². The molecule has 1 aromatic carbocycles. The van der Waals surface area contributed by atoms with E-state index in [1.807, 2.05) is 6.07 Å². The van der Waals surface area contributed by atoms with Crippen LogP contribution in [0.1, 0.15) is 16.1 Å². The van der Waals surface area contributed by atoms with Crippen LogP contribution in [-0.4, -0.2) is 20.6 Å². The standard InChI is InChI=1S/C11H6ClN3O2/c12-8-2-1-3-10(7(8)4-13)15-5-9(11(16)17)14-6-15/h1-3,5-6H,(H,16,17). The van der Waals surface area contributed by atoms with Crippen molar-refractivity contribution in [3.8, 4) is 11.8 Å². The molecule has 0 aliphatic heterocycles. The van der Waals surface area contributed by atoms with E-state index in [0.29, 0.717) is 10.7 Å². The number of hydrogen-bond acceptors (Lipinski definition) is 3. The van der Waals surface area contributed by atoms with E-state index in [9.17, 15) is 4.79 Å². The van der Waals surface area contributed by atoms with Crippen molar-refractivity contribution in [2.24, 2.45) is 0 Å². The molecule has 84 valence electrons. The van der Waals surface area contributed by atoms with E-state index in [1.165, 1.54) is 17.1 Å². The summed E-state index contributed by atoms with van der Waals surface area (Å²) in [6.07, 6.45) is 2.66. The zero-order valence-electron chi connectivity index (χ0n) is 8.46. The number of benzene rings is 1. The molecular weight excluding hydrogens is 242 g/mol. The van der Waals surface area contributed by atoms with Crippen molar-refractivity contribution in [1.82, 2.24) is 9.55 Å². The lowest BCUT2D eigenvalue weighted by Gasteiger charge is -2.05. The van der Waals surface area contributed by atoms with Gasteiger partial charge in [-0.2, -0.15) is 5.26 Å². The van der Waals surface area contributed by atoms with Crippen LogP contribution in [0.5, 0.6) is 0 Å². The monoisotopic (exact) mass is 247 g/mol. The van der Waals surface area contributed by atoms with E-state index in [-0.39, 0.29) is 11.3 Å². The summed E-state index contributed by atoms with van der Waals surface area (Å²) in [6.45, 7) is 0. The second-order valence-corrected chi connectivity index (χ2v) is 3.62. The molecular formula is C11H6ClN3O2. The van der Waals surface area contributed by atoms with Crippen molar-refractivity contribution >= 4 is 17.6 Å². The van der Waals surface area contributed by atoms with E-state index in [1.54, 1.807) is 18.2 Å². The molecule has 0 aliphatic rings. The number of hydrogen-bond donors (Lipinski definition) is 1. The first kappa shape index (κ1) is 11.2. The average molecular weight is 248 g/mol. The molecule has 0 fully saturated rings. The highest BCUT2D eigenvalue weighted by Gasteiger charge is 2.11. The van der Waals surface area contributed by atoms with Gasteiger partial charge in [-0.15, -0.1) is 0 Å². The first-order valence-electron chi connectivity index (χ1n) is 4.59. The average Bonchev–Trinajstić information content (AvgIpc) is 2.77. The van der Waals surface area contributed by atoms with Crippen LogP contribution in [0.4, 0.5) is 0 Å². The molecule has 1 heterocycles. The number of carboxylic acids is 1. The van der Waals surface area contributed by atoms with Gasteiger partial charge in [0.1, 0.15) is 12.4 Å². The number of halogens is 1. The summed E-state index contributed by atoms with van der Waals surface area (Å²) in [4.78, 5) is 14.4. The third kappa shape index (κ3) is 1.98. The van der Waals surface area contributed by atoms with Crippen LogP contribution < -0.4 is 0 Å². The van der Waals surface area contributed by atoms with Crippen LogP contribution in [0.15, 0.2) is 30.7 Å². The first-order chi connectivity index (χ1) is 8.13.